The first-order chi connectivity index (χ1) is 14.3. The fraction of sp³-hybridized carbons (Fsp3) is 0.333. The molecule has 4 rings (SSSR count). The molecule has 1 fully saturated rings. The Morgan fingerprint density at radius 3 is 2.50 bits per heavy atom. The molecule has 0 radical (unpaired) electrons. The lowest BCUT2D eigenvalue weighted by molar-refractivity contribution is -0.137. The summed E-state index contributed by atoms with van der Waals surface area (Å²) in [6.45, 7) is 2.19. The van der Waals surface area contributed by atoms with E-state index in [0.29, 0.717) is 24.2 Å². The highest BCUT2D eigenvalue weighted by molar-refractivity contribution is 5.37. The number of nitrogens with zero attached hydrogens (tertiary/aromatic N) is 4. The van der Waals surface area contributed by atoms with E-state index in [1.807, 2.05) is 12.1 Å². The molecule has 158 valence electrons. The first-order valence-electron chi connectivity index (χ1n) is 9.59. The highest BCUT2D eigenvalue weighted by atomic mass is 19.4. The van der Waals surface area contributed by atoms with E-state index in [2.05, 4.69) is 15.2 Å². The Labute approximate surface area is 170 Å². The maximum atomic E-state index is 14.1. The molecule has 0 spiro atoms. The number of benzene rings is 2. The molecule has 0 atom stereocenters. The van der Waals surface area contributed by atoms with Crippen molar-refractivity contribution in [3.05, 3.63) is 71.3 Å². The maximum absolute atomic E-state index is 14.1. The molecule has 9 heteroatoms. The summed E-state index contributed by atoms with van der Waals surface area (Å²) in [7, 11) is 0. The molecule has 0 saturated carbocycles. The molecule has 3 aromatic rings. The van der Waals surface area contributed by atoms with Crippen LogP contribution in [0.1, 0.15) is 35.6 Å². The zero-order valence-corrected chi connectivity index (χ0v) is 16.0. The van der Waals surface area contributed by atoms with E-state index in [4.69, 9.17) is 0 Å². The van der Waals surface area contributed by atoms with Gasteiger partial charge in [0.1, 0.15) is 17.3 Å². The Balaban J connectivity index is 1.39. The number of hydrogen-bond donors (Lipinski definition) is 1. The number of hydrogen-bond acceptors (Lipinski definition) is 4. The average molecular weight is 420 g/mol. The van der Waals surface area contributed by atoms with Crippen molar-refractivity contribution in [2.45, 2.75) is 31.5 Å². The zero-order chi connectivity index (χ0) is 21.3. The molecule has 2 aromatic carbocycles. The number of likely N-dealkylation sites (tertiary alicyclic amines) is 1. The first-order valence-corrected chi connectivity index (χ1v) is 9.59. The fourth-order valence-corrected chi connectivity index (χ4v) is 3.79. The minimum Gasteiger partial charge on any atom is -0.508 e. The Kier molecular flexibility index (Phi) is 5.46. The summed E-state index contributed by atoms with van der Waals surface area (Å²) in [4.78, 5) is 2.21. The third-order valence-corrected chi connectivity index (χ3v) is 5.38. The van der Waals surface area contributed by atoms with Crippen LogP contribution in [0.5, 0.6) is 5.75 Å². The maximum Gasteiger partial charge on any atom is 0.416 e. The van der Waals surface area contributed by atoms with Crippen molar-refractivity contribution in [1.29, 1.82) is 0 Å². The minimum atomic E-state index is -4.60. The van der Waals surface area contributed by atoms with E-state index in [-0.39, 0.29) is 11.4 Å². The fourth-order valence-electron chi connectivity index (χ4n) is 3.79. The Morgan fingerprint density at radius 2 is 1.83 bits per heavy atom. The quantitative estimate of drug-likeness (QED) is 0.631. The molecule has 1 aromatic heterocycles. The summed E-state index contributed by atoms with van der Waals surface area (Å²) in [5.74, 6) is -0.361. The third kappa shape index (κ3) is 4.46. The Morgan fingerprint density at radius 1 is 1.07 bits per heavy atom. The van der Waals surface area contributed by atoms with Gasteiger partial charge in [0.2, 0.25) is 0 Å². The van der Waals surface area contributed by atoms with Gasteiger partial charge in [-0.3, -0.25) is 4.90 Å². The van der Waals surface area contributed by atoms with E-state index in [0.717, 1.165) is 48.3 Å². The van der Waals surface area contributed by atoms with Gasteiger partial charge in [-0.2, -0.15) is 13.2 Å². The van der Waals surface area contributed by atoms with Crippen LogP contribution in [-0.2, 0) is 12.7 Å². The summed E-state index contributed by atoms with van der Waals surface area (Å²) in [6.07, 6.45) is -1.19. The van der Waals surface area contributed by atoms with Gasteiger partial charge in [-0.25, -0.2) is 9.07 Å². The molecule has 1 aliphatic rings. The summed E-state index contributed by atoms with van der Waals surface area (Å²) in [6, 6.07) is 9.65. The molecule has 0 aliphatic carbocycles. The predicted molar refractivity (Wildman–Crippen MR) is 102 cm³/mol. The highest BCUT2D eigenvalue weighted by Gasteiger charge is 2.31. The van der Waals surface area contributed by atoms with Gasteiger partial charge in [0.25, 0.3) is 0 Å². The topological polar surface area (TPSA) is 54.2 Å². The van der Waals surface area contributed by atoms with Crippen LogP contribution in [-0.4, -0.2) is 38.1 Å². The van der Waals surface area contributed by atoms with Crippen LogP contribution in [0, 0.1) is 5.82 Å². The number of rotatable bonds is 4. The second kappa shape index (κ2) is 8.06. The number of phenols is 1. The van der Waals surface area contributed by atoms with E-state index >= 15 is 0 Å². The van der Waals surface area contributed by atoms with Crippen molar-refractivity contribution < 1.29 is 22.7 Å². The first kappa shape index (κ1) is 20.3. The SMILES string of the molecule is Oc1cccc(C2CCN(Cc3cn(-c4ccc(C(F)(F)F)cc4F)nn3)CC2)c1. The minimum absolute atomic E-state index is 0.0793. The van der Waals surface area contributed by atoms with E-state index in [1.165, 1.54) is 6.20 Å². The number of piperidine rings is 1. The standard InChI is InChI=1S/C21H20F4N4O/c22-19-11-16(21(23,24)25)4-5-20(19)29-13-17(26-27-29)12-28-8-6-14(7-9-28)15-2-1-3-18(30)10-15/h1-5,10-11,13-14,30H,6-9,12H2. The van der Waals surface area contributed by atoms with Crippen molar-refractivity contribution in [2.24, 2.45) is 0 Å². The molecular weight excluding hydrogens is 400 g/mol. The molecule has 0 amide bonds. The highest BCUT2D eigenvalue weighted by Crippen LogP contribution is 2.32. The smallest absolute Gasteiger partial charge is 0.416 e. The largest absolute Gasteiger partial charge is 0.508 e. The van der Waals surface area contributed by atoms with E-state index in [9.17, 15) is 22.7 Å². The second-order valence-electron chi connectivity index (χ2n) is 7.46. The Bertz CT molecular complexity index is 1030. The van der Waals surface area contributed by atoms with Crippen molar-refractivity contribution >= 4 is 0 Å². The van der Waals surface area contributed by atoms with Crippen molar-refractivity contribution in [2.75, 3.05) is 13.1 Å². The summed E-state index contributed by atoms with van der Waals surface area (Å²) in [5.41, 5.74) is 0.617. The molecule has 1 saturated heterocycles. The number of halogens is 4. The summed E-state index contributed by atoms with van der Waals surface area (Å²) in [5, 5.41) is 17.6. The molecule has 2 heterocycles. The van der Waals surface area contributed by atoms with Gasteiger partial charge in [-0.05, 0) is 67.7 Å². The van der Waals surface area contributed by atoms with E-state index in [1.54, 1.807) is 12.1 Å². The lowest BCUT2D eigenvalue weighted by atomic mass is 9.89. The van der Waals surface area contributed by atoms with Crippen LogP contribution in [0.25, 0.3) is 5.69 Å². The van der Waals surface area contributed by atoms with Gasteiger partial charge >= 0.3 is 6.18 Å². The second-order valence-corrected chi connectivity index (χ2v) is 7.46. The summed E-state index contributed by atoms with van der Waals surface area (Å²) >= 11 is 0. The molecule has 30 heavy (non-hydrogen) atoms. The van der Waals surface area contributed by atoms with Crippen LogP contribution in [0.4, 0.5) is 17.6 Å². The zero-order valence-electron chi connectivity index (χ0n) is 16.0. The predicted octanol–water partition coefficient (Wildman–Crippen LogP) is 4.51. The van der Waals surface area contributed by atoms with Crippen LogP contribution < -0.4 is 0 Å². The van der Waals surface area contributed by atoms with E-state index < -0.39 is 17.6 Å². The van der Waals surface area contributed by atoms with Crippen LogP contribution >= 0.6 is 0 Å². The molecule has 0 bridgehead atoms. The van der Waals surface area contributed by atoms with Crippen molar-refractivity contribution in [3.8, 4) is 11.4 Å². The number of phenolic OH excluding ortho intramolecular Hbond substituents is 1. The lowest BCUT2D eigenvalue weighted by Crippen LogP contribution is -2.32. The summed E-state index contributed by atoms with van der Waals surface area (Å²) < 4.78 is 53.4. The van der Waals surface area contributed by atoms with Crippen molar-refractivity contribution in [3.63, 3.8) is 0 Å². The molecule has 1 N–H and O–H groups in total. The third-order valence-electron chi connectivity index (χ3n) is 5.38. The normalized spacial score (nSPS) is 16.1. The molecule has 5 nitrogen and oxygen atoms in total. The molecular formula is C21H20F4N4O. The molecule has 0 unspecified atom stereocenters. The number of aromatic hydroxyl groups is 1. The van der Waals surface area contributed by atoms with Crippen LogP contribution in [0.15, 0.2) is 48.7 Å². The van der Waals surface area contributed by atoms with Crippen LogP contribution in [0.3, 0.4) is 0 Å². The van der Waals surface area contributed by atoms with Crippen molar-refractivity contribution in [1.82, 2.24) is 19.9 Å². The van der Waals surface area contributed by atoms with Gasteiger partial charge < -0.3 is 5.11 Å². The van der Waals surface area contributed by atoms with Crippen LogP contribution in [0.2, 0.25) is 0 Å². The van der Waals surface area contributed by atoms with Gasteiger partial charge in [0.15, 0.2) is 0 Å². The van der Waals surface area contributed by atoms with Gasteiger partial charge in [-0.15, -0.1) is 5.10 Å². The van der Waals surface area contributed by atoms with Gasteiger partial charge in [0.05, 0.1) is 17.5 Å². The van der Waals surface area contributed by atoms with Gasteiger partial charge in [-0.1, -0.05) is 17.3 Å². The lowest BCUT2D eigenvalue weighted by Gasteiger charge is -2.31. The number of aromatic nitrogens is 3. The monoisotopic (exact) mass is 420 g/mol. The number of alkyl halides is 3. The Hall–Kier alpha value is -2.94. The van der Waals surface area contributed by atoms with Gasteiger partial charge in [0, 0.05) is 6.54 Å². The average Bonchev–Trinajstić information content (AvgIpc) is 3.16. The molecule has 1 aliphatic heterocycles.